The first kappa shape index (κ1) is 16.9. The van der Waals surface area contributed by atoms with Gasteiger partial charge in [0.2, 0.25) is 5.91 Å². The predicted molar refractivity (Wildman–Crippen MR) is 74.2 cm³/mol. The number of hydrogen-bond donors (Lipinski definition) is 1. The molecule has 1 amide bonds. The summed E-state index contributed by atoms with van der Waals surface area (Å²) in [5, 5.41) is 13.6. The zero-order valence-corrected chi connectivity index (χ0v) is 12.5. The molecule has 1 N–H and O–H groups in total. The minimum atomic E-state index is -1.27. The largest absolute Gasteiger partial charge is 0.550 e. The average Bonchev–Trinajstić information content (AvgIpc) is 2.34. The summed E-state index contributed by atoms with van der Waals surface area (Å²) in [7, 11) is 0. The highest BCUT2D eigenvalue weighted by atomic mass is 35.5. The topological polar surface area (TPSA) is 78.5 Å². The van der Waals surface area contributed by atoms with Crippen molar-refractivity contribution in [2.24, 2.45) is 0 Å². The van der Waals surface area contributed by atoms with E-state index >= 15 is 0 Å². The first-order valence-electron chi connectivity index (χ1n) is 5.64. The van der Waals surface area contributed by atoms with E-state index < -0.39 is 11.9 Å². The van der Waals surface area contributed by atoms with Crippen molar-refractivity contribution in [2.45, 2.75) is 12.8 Å². The van der Waals surface area contributed by atoms with Crippen molar-refractivity contribution in [1.29, 1.82) is 0 Å². The Hall–Kier alpha value is -1.17. The first-order valence-corrected chi connectivity index (χ1v) is 6.77. The molecule has 1 rings (SSSR count). The smallest absolute Gasteiger partial charge is 0.220 e. The average molecular weight is 340 g/mol. The van der Waals surface area contributed by atoms with Gasteiger partial charge in [-0.3, -0.25) is 4.79 Å². The summed E-state index contributed by atoms with van der Waals surface area (Å²) in [4.78, 5) is 21.4. The summed E-state index contributed by atoms with van der Waals surface area (Å²) >= 11 is 17.6. The number of carboxylic acids is 1. The van der Waals surface area contributed by atoms with Gasteiger partial charge in [0, 0.05) is 17.4 Å². The summed E-state index contributed by atoms with van der Waals surface area (Å²) in [5.74, 6) is -1.39. The number of rotatable bonds is 7. The highest BCUT2D eigenvalue weighted by Crippen LogP contribution is 2.35. The third-order valence-corrected chi connectivity index (χ3v) is 2.97. The number of hydrogen-bond acceptors (Lipinski definition) is 4. The Kier molecular flexibility index (Phi) is 6.91. The molecule has 0 spiro atoms. The Morgan fingerprint density at radius 1 is 1.15 bits per heavy atom. The van der Waals surface area contributed by atoms with Crippen molar-refractivity contribution >= 4 is 46.7 Å². The first-order chi connectivity index (χ1) is 9.40. The van der Waals surface area contributed by atoms with Gasteiger partial charge in [-0.25, -0.2) is 0 Å². The van der Waals surface area contributed by atoms with E-state index in [2.05, 4.69) is 5.32 Å². The van der Waals surface area contributed by atoms with Gasteiger partial charge in [-0.15, -0.1) is 0 Å². The second-order valence-corrected chi connectivity index (χ2v) is 5.02. The molecule has 0 aliphatic carbocycles. The molecule has 0 aliphatic rings. The second kappa shape index (κ2) is 8.19. The van der Waals surface area contributed by atoms with Gasteiger partial charge in [-0.1, -0.05) is 34.8 Å². The molecule has 0 atom stereocenters. The molecule has 1 aromatic carbocycles. The van der Waals surface area contributed by atoms with Gasteiger partial charge in [-0.2, -0.15) is 0 Å². The number of benzene rings is 1. The molecule has 8 heteroatoms. The van der Waals surface area contributed by atoms with Crippen LogP contribution in [-0.4, -0.2) is 25.0 Å². The normalized spacial score (nSPS) is 10.2. The Labute approximate surface area is 130 Å². The third kappa shape index (κ3) is 5.86. The molecule has 5 nitrogen and oxygen atoms in total. The van der Waals surface area contributed by atoms with Crippen molar-refractivity contribution in [3.63, 3.8) is 0 Å². The minimum Gasteiger partial charge on any atom is -0.550 e. The van der Waals surface area contributed by atoms with E-state index in [-0.39, 0.29) is 41.8 Å². The molecule has 0 saturated carbocycles. The molecule has 110 valence electrons. The summed E-state index contributed by atoms with van der Waals surface area (Å²) < 4.78 is 5.33. The van der Waals surface area contributed by atoms with Gasteiger partial charge in [0.15, 0.2) is 5.75 Å². The summed E-state index contributed by atoms with van der Waals surface area (Å²) in [6.07, 6.45) is -0.452. The summed E-state index contributed by atoms with van der Waals surface area (Å²) in [6, 6.07) is 2.98. The number of carbonyl (C=O) groups excluding carboxylic acids is 2. The van der Waals surface area contributed by atoms with Gasteiger partial charge >= 0.3 is 0 Å². The summed E-state index contributed by atoms with van der Waals surface area (Å²) in [5.41, 5.74) is 0. The Morgan fingerprint density at radius 2 is 1.75 bits per heavy atom. The van der Waals surface area contributed by atoms with Gasteiger partial charge in [0.1, 0.15) is 6.61 Å². The van der Waals surface area contributed by atoms with Crippen LogP contribution in [-0.2, 0) is 9.59 Å². The molecule has 1 aromatic rings. The minimum absolute atomic E-state index is 0.134. The lowest BCUT2D eigenvalue weighted by Crippen LogP contribution is -2.30. The fraction of sp³-hybridized carbons (Fsp3) is 0.333. The molecular weight excluding hydrogens is 328 g/mol. The standard InChI is InChI=1S/C12H12Cl3NO4/c13-7-5-8(14)12(9(15)6-7)20-4-3-16-10(17)1-2-11(18)19/h5-6H,1-4H2,(H,16,17)(H,18,19)/p-1. The fourth-order valence-corrected chi connectivity index (χ4v) is 2.24. The van der Waals surface area contributed by atoms with Crippen molar-refractivity contribution in [2.75, 3.05) is 13.2 Å². The third-order valence-electron chi connectivity index (χ3n) is 2.19. The number of carbonyl (C=O) groups is 2. The number of carboxylic acid groups (broad SMARTS) is 1. The molecule has 0 aliphatic heterocycles. The van der Waals surface area contributed by atoms with Crippen molar-refractivity contribution in [3.05, 3.63) is 27.2 Å². The van der Waals surface area contributed by atoms with E-state index in [9.17, 15) is 14.7 Å². The quantitative estimate of drug-likeness (QED) is 0.767. The SMILES string of the molecule is O=C([O-])CCC(=O)NCCOc1c(Cl)cc(Cl)cc1Cl. The number of nitrogens with one attached hydrogen (secondary N) is 1. The maximum absolute atomic E-state index is 11.2. The highest BCUT2D eigenvalue weighted by Gasteiger charge is 2.09. The van der Waals surface area contributed by atoms with E-state index in [1.54, 1.807) is 0 Å². The van der Waals surface area contributed by atoms with Crippen LogP contribution in [0.5, 0.6) is 5.75 Å². The second-order valence-electron chi connectivity index (χ2n) is 3.77. The fourth-order valence-electron chi connectivity index (χ4n) is 1.31. The number of ether oxygens (including phenoxy) is 1. The summed E-state index contributed by atoms with van der Waals surface area (Å²) in [6.45, 7) is 0.333. The molecule has 0 radical (unpaired) electrons. The van der Waals surface area contributed by atoms with Crippen LogP contribution < -0.4 is 15.2 Å². The molecule has 20 heavy (non-hydrogen) atoms. The molecule has 0 saturated heterocycles. The van der Waals surface area contributed by atoms with Crippen LogP contribution in [0.2, 0.25) is 15.1 Å². The van der Waals surface area contributed by atoms with Crippen LogP contribution in [0.4, 0.5) is 0 Å². The molecular formula is C12H11Cl3NO4-. The Balaban J connectivity index is 2.35. The van der Waals surface area contributed by atoms with Gasteiger partial charge in [0.25, 0.3) is 0 Å². The zero-order chi connectivity index (χ0) is 15.1. The molecule has 0 unspecified atom stereocenters. The van der Waals surface area contributed by atoms with Crippen LogP contribution in [0.1, 0.15) is 12.8 Å². The van der Waals surface area contributed by atoms with E-state index in [0.29, 0.717) is 5.02 Å². The van der Waals surface area contributed by atoms with Crippen LogP contribution in [0.15, 0.2) is 12.1 Å². The number of aliphatic carboxylic acids is 1. The van der Waals surface area contributed by atoms with E-state index in [1.807, 2.05) is 0 Å². The van der Waals surface area contributed by atoms with E-state index in [1.165, 1.54) is 12.1 Å². The molecule has 0 bridgehead atoms. The van der Waals surface area contributed by atoms with Crippen LogP contribution in [0.25, 0.3) is 0 Å². The molecule has 0 aromatic heterocycles. The van der Waals surface area contributed by atoms with Crippen molar-refractivity contribution in [1.82, 2.24) is 5.32 Å². The van der Waals surface area contributed by atoms with E-state index in [4.69, 9.17) is 39.5 Å². The number of amides is 1. The van der Waals surface area contributed by atoms with Crippen LogP contribution in [0, 0.1) is 0 Å². The maximum atomic E-state index is 11.2. The van der Waals surface area contributed by atoms with E-state index in [0.717, 1.165) is 0 Å². The van der Waals surface area contributed by atoms with Crippen LogP contribution >= 0.6 is 34.8 Å². The Morgan fingerprint density at radius 3 is 2.30 bits per heavy atom. The monoisotopic (exact) mass is 338 g/mol. The maximum Gasteiger partial charge on any atom is 0.220 e. The molecule has 0 fully saturated rings. The molecule has 0 heterocycles. The predicted octanol–water partition coefficient (Wildman–Crippen LogP) is 1.67. The lowest BCUT2D eigenvalue weighted by molar-refractivity contribution is -0.305. The lowest BCUT2D eigenvalue weighted by atomic mass is 10.3. The van der Waals surface area contributed by atoms with Gasteiger partial charge < -0.3 is 20.0 Å². The van der Waals surface area contributed by atoms with Gasteiger partial charge in [0.05, 0.1) is 16.6 Å². The number of halogens is 3. The van der Waals surface area contributed by atoms with Crippen molar-refractivity contribution in [3.8, 4) is 5.75 Å². The van der Waals surface area contributed by atoms with Gasteiger partial charge in [-0.05, 0) is 18.6 Å². The Bertz CT molecular complexity index is 484. The van der Waals surface area contributed by atoms with Crippen LogP contribution in [0.3, 0.4) is 0 Å². The highest BCUT2D eigenvalue weighted by molar-refractivity contribution is 6.40. The zero-order valence-electron chi connectivity index (χ0n) is 10.3. The van der Waals surface area contributed by atoms with Crippen molar-refractivity contribution < 1.29 is 19.4 Å². The lowest BCUT2D eigenvalue weighted by Gasteiger charge is -2.11.